The summed E-state index contributed by atoms with van der Waals surface area (Å²) >= 11 is 3.17. The van der Waals surface area contributed by atoms with Crippen molar-refractivity contribution in [2.75, 3.05) is 5.33 Å². The Kier molecular flexibility index (Phi) is 4.35. The molecular weight excluding hydrogens is 415 g/mol. The van der Waals surface area contributed by atoms with Gasteiger partial charge in [0, 0.05) is 23.2 Å². The smallest absolute Gasteiger partial charge is 0.175 e. The zero-order valence-electron chi connectivity index (χ0n) is 15.9. The van der Waals surface area contributed by atoms with Crippen molar-refractivity contribution in [1.82, 2.24) is 0 Å². The monoisotopic (exact) mass is 442 g/mol. The number of allylic oxidation sites excluding steroid dienone is 1. The summed E-state index contributed by atoms with van der Waals surface area (Å²) in [6.07, 6.45) is 3.20. The largest absolute Gasteiger partial charge is 0.390 e. The predicted molar refractivity (Wildman–Crippen MR) is 102 cm³/mol. The molecule has 4 rings (SSSR count). The molecule has 3 fully saturated rings. The van der Waals surface area contributed by atoms with E-state index in [-0.39, 0.29) is 29.2 Å². The molecule has 2 N–H and O–H groups in total. The molecule has 27 heavy (non-hydrogen) atoms. The van der Waals surface area contributed by atoms with Crippen LogP contribution in [0.25, 0.3) is 0 Å². The molecule has 0 aromatic carbocycles. The quantitative estimate of drug-likeness (QED) is 0.643. The topological polar surface area (TPSA) is 74.6 Å². The van der Waals surface area contributed by atoms with Gasteiger partial charge in [-0.25, -0.2) is 4.39 Å². The minimum atomic E-state index is -1.83. The van der Waals surface area contributed by atoms with Crippen LogP contribution in [0.4, 0.5) is 4.39 Å². The molecule has 3 saturated carbocycles. The van der Waals surface area contributed by atoms with E-state index in [1.54, 1.807) is 6.08 Å². The maximum Gasteiger partial charge on any atom is 0.175 e. The number of rotatable bonds is 2. The minimum absolute atomic E-state index is 0.0396. The Morgan fingerprint density at radius 3 is 2.63 bits per heavy atom. The van der Waals surface area contributed by atoms with Gasteiger partial charge in [-0.1, -0.05) is 35.4 Å². The number of carbonyl (C=O) groups is 2. The SMILES string of the molecule is C[C@]12CCC(=O)C=C1CC[C@H]1[C@@H]3CC[C@](O)(C(=O)CBr)[C@@]3(C)C[C@H](O)C12F. The molecule has 0 aromatic heterocycles. The van der Waals surface area contributed by atoms with Crippen LogP contribution < -0.4 is 0 Å². The Hall–Kier alpha value is -0.590. The first-order chi connectivity index (χ1) is 12.5. The van der Waals surface area contributed by atoms with Crippen LogP contribution >= 0.6 is 15.9 Å². The molecule has 4 aliphatic carbocycles. The van der Waals surface area contributed by atoms with E-state index < -0.39 is 34.1 Å². The molecule has 1 unspecified atom stereocenters. The maximum absolute atomic E-state index is 16.8. The maximum atomic E-state index is 16.8. The first kappa shape index (κ1) is 19.7. The van der Waals surface area contributed by atoms with Crippen LogP contribution in [-0.4, -0.2) is 44.5 Å². The summed E-state index contributed by atoms with van der Waals surface area (Å²) in [6, 6.07) is 0. The van der Waals surface area contributed by atoms with Gasteiger partial charge < -0.3 is 10.2 Å². The van der Waals surface area contributed by atoms with Crippen LogP contribution in [0.15, 0.2) is 11.6 Å². The number of aliphatic hydroxyl groups excluding tert-OH is 1. The predicted octanol–water partition coefficient (Wildman–Crippen LogP) is 3.28. The summed E-state index contributed by atoms with van der Waals surface area (Å²) in [6.45, 7) is 3.71. The number of ketones is 2. The lowest BCUT2D eigenvalue weighted by Crippen LogP contribution is -2.69. The van der Waals surface area contributed by atoms with E-state index >= 15 is 4.39 Å². The molecule has 0 aliphatic heterocycles. The van der Waals surface area contributed by atoms with Crippen molar-refractivity contribution in [3.63, 3.8) is 0 Å². The van der Waals surface area contributed by atoms with Gasteiger partial charge in [0.15, 0.2) is 11.6 Å². The van der Waals surface area contributed by atoms with Gasteiger partial charge in [-0.15, -0.1) is 0 Å². The van der Waals surface area contributed by atoms with E-state index in [0.29, 0.717) is 38.5 Å². The first-order valence-electron chi connectivity index (χ1n) is 9.97. The summed E-state index contributed by atoms with van der Waals surface area (Å²) in [4.78, 5) is 24.4. The molecule has 0 spiro atoms. The Balaban J connectivity index is 1.80. The van der Waals surface area contributed by atoms with Crippen molar-refractivity contribution in [1.29, 1.82) is 0 Å². The van der Waals surface area contributed by atoms with Crippen LogP contribution in [-0.2, 0) is 9.59 Å². The normalized spacial score (nSPS) is 51.9. The fourth-order valence-electron chi connectivity index (χ4n) is 7.14. The number of Topliss-reactive ketones (excluding diaryl/α,β-unsaturated/α-hetero) is 1. The minimum Gasteiger partial charge on any atom is -0.390 e. The zero-order valence-corrected chi connectivity index (χ0v) is 17.5. The van der Waals surface area contributed by atoms with Crippen molar-refractivity contribution in [2.45, 2.75) is 76.2 Å². The van der Waals surface area contributed by atoms with Crippen molar-refractivity contribution in [3.8, 4) is 0 Å². The highest BCUT2D eigenvalue weighted by atomic mass is 79.9. The lowest BCUT2D eigenvalue weighted by molar-refractivity contribution is -0.225. The molecule has 6 heteroatoms. The van der Waals surface area contributed by atoms with Gasteiger partial charge in [-0.05, 0) is 50.5 Å². The van der Waals surface area contributed by atoms with Crippen molar-refractivity contribution in [3.05, 3.63) is 11.6 Å². The highest BCUT2D eigenvalue weighted by Gasteiger charge is 2.74. The Bertz CT molecular complexity index is 738. The van der Waals surface area contributed by atoms with Crippen LogP contribution in [0.3, 0.4) is 0 Å². The van der Waals surface area contributed by atoms with Crippen molar-refractivity contribution in [2.24, 2.45) is 22.7 Å². The molecular formula is C21H28BrFO4. The molecule has 150 valence electrons. The summed E-state index contributed by atoms with van der Waals surface area (Å²) < 4.78 is 16.8. The molecule has 4 nitrogen and oxygen atoms in total. The third-order valence-electron chi connectivity index (χ3n) is 8.78. The van der Waals surface area contributed by atoms with E-state index in [0.717, 1.165) is 5.57 Å². The van der Waals surface area contributed by atoms with Crippen LogP contribution in [0, 0.1) is 22.7 Å². The summed E-state index contributed by atoms with van der Waals surface area (Å²) in [5.41, 5.74) is -4.22. The van der Waals surface area contributed by atoms with Crippen molar-refractivity contribution >= 4 is 27.5 Å². The van der Waals surface area contributed by atoms with Gasteiger partial charge in [0.2, 0.25) is 0 Å². The highest BCUT2D eigenvalue weighted by molar-refractivity contribution is 9.09. The molecule has 7 atom stereocenters. The fourth-order valence-corrected chi connectivity index (χ4v) is 7.61. The van der Waals surface area contributed by atoms with E-state index in [2.05, 4.69) is 15.9 Å². The van der Waals surface area contributed by atoms with Gasteiger partial charge in [0.05, 0.1) is 11.4 Å². The number of aliphatic hydroxyl groups is 2. The molecule has 4 aliphatic rings. The van der Waals surface area contributed by atoms with E-state index in [1.807, 2.05) is 13.8 Å². The van der Waals surface area contributed by atoms with Gasteiger partial charge >= 0.3 is 0 Å². The van der Waals surface area contributed by atoms with Gasteiger partial charge in [0.25, 0.3) is 0 Å². The molecule has 0 amide bonds. The average molecular weight is 443 g/mol. The number of hydrogen-bond acceptors (Lipinski definition) is 4. The van der Waals surface area contributed by atoms with Crippen LogP contribution in [0.1, 0.15) is 58.8 Å². The summed E-state index contributed by atoms with van der Waals surface area (Å²) in [5, 5.41) is 22.4. The summed E-state index contributed by atoms with van der Waals surface area (Å²) in [7, 11) is 0. The number of halogens is 2. The molecule has 0 aromatic rings. The van der Waals surface area contributed by atoms with Gasteiger partial charge in [0.1, 0.15) is 11.3 Å². The Labute approximate surface area is 167 Å². The van der Waals surface area contributed by atoms with E-state index in [9.17, 15) is 19.8 Å². The van der Waals surface area contributed by atoms with Crippen LogP contribution in [0.5, 0.6) is 0 Å². The summed E-state index contributed by atoms with van der Waals surface area (Å²) in [5.74, 6) is -0.816. The molecule has 0 saturated heterocycles. The fraction of sp³-hybridized carbons (Fsp3) is 0.810. The number of alkyl halides is 2. The zero-order chi connectivity index (χ0) is 19.8. The van der Waals surface area contributed by atoms with Gasteiger partial charge in [-0.3, -0.25) is 9.59 Å². The third-order valence-corrected chi connectivity index (χ3v) is 9.29. The van der Waals surface area contributed by atoms with E-state index in [1.165, 1.54) is 0 Å². The molecule has 0 heterocycles. The van der Waals surface area contributed by atoms with Gasteiger partial charge in [-0.2, -0.15) is 0 Å². The Morgan fingerprint density at radius 1 is 1.26 bits per heavy atom. The molecule has 0 bridgehead atoms. The standard InChI is InChI=1S/C21H28BrFO4/c1-18-7-5-13(24)9-12(18)3-4-15-14-6-8-20(27,17(26)11-22)19(14,2)10-16(25)21(15,18)23/h9,14-16,25,27H,3-8,10-11H2,1-2H3/t14-,15-,16-,18-,19-,20-,21?/m0/s1. The second kappa shape index (κ2) is 5.96. The van der Waals surface area contributed by atoms with E-state index in [4.69, 9.17) is 0 Å². The van der Waals surface area contributed by atoms with Crippen molar-refractivity contribution < 1.29 is 24.2 Å². The lowest BCUT2D eigenvalue weighted by Gasteiger charge is -2.63. The average Bonchev–Trinajstić information content (AvgIpc) is 2.88. The first-order valence-corrected chi connectivity index (χ1v) is 11.1. The lowest BCUT2D eigenvalue weighted by atomic mass is 9.44. The number of hydrogen-bond donors (Lipinski definition) is 2. The molecule has 0 radical (unpaired) electrons. The Morgan fingerprint density at radius 2 is 1.96 bits per heavy atom. The highest BCUT2D eigenvalue weighted by Crippen LogP contribution is 2.70. The second-order valence-electron chi connectivity index (χ2n) is 9.58. The van der Waals surface area contributed by atoms with Crippen LogP contribution in [0.2, 0.25) is 0 Å². The number of fused-ring (bicyclic) bond motifs is 5. The number of carbonyl (C=O) groups excluding carboxylic acids is 2. The third kappa shape index (κ3) is 2.21. The second-order valence-corrected chi connectivity index (χ2v) is 10.1.